The van der Waals surface area contributed by atoms with Gasteiger partial charge < -0.3 is 15.1 Å². The molecule has 0 saturated carbocycles. The lowest BCUT2D eigenvalue weighted by Gasteiger charge is -2.50. The fourth-order valence-electron chi connectivity index (χ4n) is 7.41. The molecule has 2 amide bonds. The third-order valence-electron chi connectivity index (χ3n) is 10.7. The van der Waals surface area contributed by atoms with Gasteiger partial charge >= 0.3 is 0 Å². The molecule has 0 bridgehead atoms. The van der Waals surface area contributed by atoms with Gasteiger partial charge in [0.15, 0.2) is 0 Å². The smallest absolute Gasteiger partial charge is 0.257 e. The second-order valence-electron chi connectivity index (χ2n) is 14.1. The molecule has 3 heterocycles. The summed E-state index contributed by atoms with van der Waals surface area (Å²) in [7, 11) is -3.76. The molecule has 2 fully saturated rings. The van der Waals surface area contributed by atoms with Crippen molar-refractivity contribution in [2.24, 2.45) is 0 Å². The molecule has 0 spiro atoms. The van der Waals surface area contributed by atoms with Crippen LogP contribution in [0.5, 0.6) is 0 Å². The minimum absolute atomic E-state index is 0.0348. The van der Waals surface area contributed by atoms with E-state index in [1.54, 1.807) is 18.2 Å². The molecule has 0 radical (unpaired) electrons. The maximum absolute atomic E-state index is 13.4. The number of nitrogens with zero attached hydrogens (tertiary/aromatic N) is 5. The van der Waals surface area contributed by atoms with Crippen LogP contribution in [0, 0.1) is 13.8 Å². The van der Waals surface area contributed by atoms with Gasteiger partial charge in [-0.25, -0.2) is 23.1 Å². The number of sulfonamides is 1. The predicted octanol–water partition coefficient (Wildman–Crippen LogP) is 4.85. The number of aromatic nitrogens is 2. The van der Waals surface area contributed by atoms with Gasteiger partial charge in [-0.05, 0) is 81.8 Å². The van der Waals surface area contributed by atoms with E-state index in [2.05, 4.69) is 73.1 Å². The fraction of sp³-hybridized carbons (Fsp3) is 0.400. The number of hydrogen-bond donors (Lipinski definition) is 2. The van der Waals surface area contributed by atoms with E-state index in [0.29, 0.717) is 18.2 Å². The maximum Gasteiger partial charge on any atom is 0.257 e. The van der Waals surface area contributed by atoms with Crippen molar-refractivity contribution >= 4 is 27.5 Å². The summed E-state index contributed by atoms with van der Waals surface area (Å²) in [6.45, 7) is 10.3. The summed E-state index contributed by atoms with van der Waals surface area (Å²) < 4.78 is 27.3. The summed E-state index contributed by atoms with van der Waals surface area (Å²) >= 11 is 0. The molecule has 1 aromatic heterocycles. The van der Waals surface area contributed by atoms with Gasteiger partial charge in [-0.3, -0.25) is 14.5 Å². The molecule has 11 nitrogen and oxygen atoms in total. The number of nitrogens with one attached hydrogen (secondary N) is 2. The molecule has 4 aromatic rings. The number of rotatable bonds is 12. The zero-order valence-electron chi connectivity index (χ0n) is 30.3. The van der Waals surface area contributed by atoms with E-state index in [1.807, 2.05) is 36.9 Å². The Labute approximate surface area is 307 Å². The van der Waals surface area contributed by atoms with Crippen LogP contribution in [-0.2, 0) is 27.9 Å². The fourth-order valence-corrected chi connectivity index (χ4v) is 8.41. The Morgan fingerprint density at radius 1 is 0.827 bits per heavy atom. The van der Waals surface area contributed by atoms with Crippen molar-refractivity contribution in [1.29, 1.82) is 0 Å². The van der Waals surface area contributed by atoms with Crippen LogP contribution in [0.4, 0.5) is 5.69 Å². The molecule has 2 aliphatic heterocycles. The van der Waals surface area contributed by atoms with Gasteiger partial charge in [0.1, 0.15) is 6.33 Å². The van der Waals surface area contributed by atoms with Crippen LogP contribution in [0.1, 0.15) is 65.5 Å². The number of carbonyl (C=O) groups excluding carboxylic acids is 2. The third-order valence-corrected chi connectivity index (χ3v) is 12.1. The van der Waals surface area contributed by atoms with Crippen LogP contribution in [0.2, 0.25) is 0 Å². The summed E-state index contributed by atoms with van der Waals surface area (Å²) in [5, 5.41) is 2.82. The first-order valence-electron chi connectivity index (χ1n) is 18.1. The highest BCUT2D eigenvalue weighted by atomic mass is 32.2. The molecule has 52 heavy (non-hydrogen) atoms. The van der Waals surface area contributed by atoms with Crippen LogP contribution in [0.3, 0.4) is 0 Å². The Morgan fingerprint density at radius 2 is 1.42 bits per heavy atom. The highest BCUT2D eigenvalue weighted by molar-refractivity contribution is 7.89. The van der Waals surface area contributed by atoms with Gasteiger partial charge in [-0.1, -0.05) is 60.7 Å². The lowest BCUT2D eigenvalue weighted by atomic mass is 9.85. The van der Waals surface area contributed by atoms with Gasteiger partial charge in [0.2, 0.25) is 15.9 Å². The van der Waals surface area contributed by atoms with E-state index in [9.17, 15) is 18.0 Å². The molecular weight excluding hydrogens is 675 g/mol. The van der Waals surface area contributed by atoms with Crippen LogP contribution >= 0.6 is 0 Å². The number of piperidine rings is 2. The van der Waals surface area contributed by atoms with Crippen molar-refractivity contribution in [3.63, 3.8) is 0 Å². The van der Waals surface area contributed by atoms with Gasteiger partial charge in [-0.2, -0.15) is 0 Å². The number of likely N-dealkylation sites (tertiary alicyclic amines) is 2. The quantitative estimate of drug-likeness (QED) is 0.213. The molecule has 0 aliphatic carbocycles. The van der Waals surface area contributed by atoms with Crippen LogP contribution in [-0.4, -0.2) is 84.3 Å². The molecule has 2 aliphatic rings. The van der Waals surface area contributed by atoms with Gasteiger partial charge in [0, 0.05) is 56.5 Å². The van der Waals surface area contributed by atoms with Crippen LogP contribution in [0.15, 0.2) is 96.2 Å². The molecule has 0 atom stereocenters. The zero-order valence-corrected chi connectivity index (χ0v) is 31.1. The number of benzene rings is 3. The van der Waals surface area contributed by atoms with Crippen LogP contribution in [0.25, 0.3) is 0 Å². The average molecular weight is 724 g/mol. The Balaban J connectivity index is 1.04. The largest absolute Gasteiger partial charge is 0.364 e. The van der Waals surface area contributed by atoms with Crippen molar-refractivity contribution in [3.05, 3.63) is 119 Å². The summed E-state index contributed by atoms with van der Waals surface area (Å²) in [5.74, 6) is -0.365. The predicted molar refractivity (Wildman–Crippen MR) is 202 cm³/mol. The average Bonchev–Trinajstić information content (AvgIpc) is 3.16. The Kier molecular flexibility index (Phi) is 11.7. The van der Waals surface area contributed by atoms with Gasteiger partial charge in [0.05, 0.1) is 28.4 Å². The molecule has 2 saturated heterocycles. The first kappa shape index (κ1) is 37.1. The van der Waals surface area contributed by atoms with Gasteiger partial charge in [0.25, 0.3) is 5.91 Å². The van der Waals surface area contributed by atoms with E-state index in [-0.39, 0.29) is 22.9 Å². The molecule has 0 unspecified atom stereocenters. The summed E-state index contributed by atoms with van der Waals surface area (Å²) in [6, 6.07) is 27.2. The molecule has 3 aromatic carbocycles. The molecule has 274 valence electrons. The topological polar surface area (TPSA) is 128 Å². The highest BCUT2D eigenvalue weighted by Gasteiger charge is 2.40. The van der Waals surface area contributed by atoms with Crippen molar-refractivity contribution in [2.75, 3.05) is 37.6 Å². The number of aryl methyl sites for hydroxylation is 2. The standard InChI is InChI=1S/C40H49N7O4S/c1-30-38(31(2)43-29-42-30)39(49)45-24-20-40(3,21-25-45)46-22-18-35(19-23-46)47(28-33-10-6-4-7-11-33)34-16-14-32(15-17-34)26-41-37(48)27-44-52(50,51)36-12-8-5-9-13-36/h4-17,29,35,44H,18-28H2,1-3H3,(H,41,48). The van der Waals surface area contributed by atoms with Crippen molar-refractivity contribution in [3.8, 4) is 0 Å². The molecule has 6 rings (SSSR count). The molecule has 12 heteroatoms. The minimum Gasteiger partial charge on any atom is -0.364 e. The summed E-state index contributed by atoms with van der Waals surface area (Å²) in [6.07, 6.45) is 5.44. The zero-order chi connectivity index (χ0) is 36.7. The Morgan fingerprint density at radius 3 is 2.04 bits per heavy atom. The lowest BCUT2D eigenvalue weighted by Crippen LogP contribution is -2.58. The van der Waals surface area contributed by atoms with E-state index >= 15 is 0 Å². The summed E-state index contributed by atoms with van der Waals surface area (Å²) in [5.41, 5.74) is 5.44. The first-order chi connectivity index (χ1) is 25.0. The second-order valence-corrected chi connectivity index (χ2v) is 15.9. The van der Waals surface area contributed by atoms with E-state index in [4.69, 9.17) is 0 Å². The number of amides is 2. The van der Waals surface area contributed by atoms with E-state index < -0.39 is 15.9 Å². The summed E-state index contributed by atoms with van der Waals surface area (Å²) in [4.78, 5) is 41.7. The Hall–Kier alpha value is -4.65. The van der Waals surface area contributed by atoms with Crippen molar-refractivity contribution < 1.29 is 18.0 Å². The Bertz CT molecular complexity index is 1910. The second kappa shape index (κ2) is 16.4. The highest BCUT2D eigenvalue weighted by Crippen LogP contribution is 2.34. The maximum atomic E-state index is 13.4. The van der Waals surface area contributed by atoms with Crippen molar-refractivity contribution in [1.82, 2.24) is 29.8 Å². The normalized spacial score (nSPS) is 16.7. The number of carbonyl (C=O) groups is 2. The number of hydrogen-bond acceptors (Lipinski definition) is 8. The number of anilines is 1. The van der Waals surface area contributed by atoms with E-state index in [1.165, 1.54) is 24.0 Å². The molecule has 2 N–H and O–H groups in total. The van der Waals surface area contributed by atoms with Crippen molar-refractivity contribution in [2.45, 2.75) is 76.0 Å². The monoisotopic (exact) mass is 723 g/mol. The third kappa shape index (κ3) is 8.86. The molecular formula is C40H49N7O4S. The van der Waals surface area contributed by atoms with Gasteiger partial charge in [-0.15, -0.1) is 0 Å². The van der Waals surface area contributed by atoms with E-state index in [0.717, 1.165) is 81.0 Å². The lowest BCUT2D eigenvalue weighted by molar-refractivity contribution is -0.120. The van der Waals surface area contributed by atoms with Crippen LogP contribution < -0.4 is 14.9 Å². The minimum atomic E-state index is -3.76. The first-order valence-corrected chi connectivity index (χ1v) is 19.5. The SMILES string of the molecule is Cc1ncnc(C)c1C(=O)N1CCC(C)(N2CCC(N(Cc3ccccc3)c3ccc(CNC(=O)CNS(=O)(=O)c4ccccc4)cc3)CC2)CC1.